The van der Waals surface area contributed by atoms with Crippen LogP contribution in [-0.4, -0.2) is 73.5 Å². The first-order chi connectivity index (χ1) is 22.4. The number of carbonyl (C=O) groups excluding carboxylic acids is 5. The van der Waals surface area contributed by atoms with Crippen molar-refractivity contribution in [2.24, 2.45) is 0 Å². The number of nitrogens with one attached hydrogen (secondary N) is 2. The van der Waals surface area contributed by atoms with Crippen molar-refractivity contribution in [1.29, 1.82) is 0 Å². The molecule has 3 heterocycles. The maximum absolute atomic E-state index is 13.9. The number of aromatic nitrogens is 2. The molecule has 2 aliphatic rings. The first kappa shape index (κ1) is 33.6. The van der Waals surface area contributed by atoms with Crippen LogP contribution in [0.2, 0.25) is 0 Å². The predicted molar refractivity (Wildman–Crippen MR) is 173 cm³/mol. The Kier molecular flexibility index (Phi) is 10.3. The highest BCUT2D eigenvalue weighted by atomic mass is 32.2. The zero-order valence-electron chi connectivity index (χ0n) is 26.1. The van der Waals surface area contributed by atoms with Crippen LogP contribution in [0.25, 0.3) is 0 Å². The summed E-state index contributed by atoms with van der Waals surface area (Å²) in [5.74, 6) is -1.92. The van der Waals surface area contributed by atoms with E-state index >= 15 is 0 Å². The second kappa shape index (κ2) is 14.3. The van der Waals surface area contributed by atoms with Gasteiger partial charge in [-0.25, -0.2) is 14.6 Å². The Morgan fingerprint density at radius 1 is 1.02 bits per heavy atom. The molecule has 2 atom stereocenters. The summed E-state index contributed by atoms with van der Waals surface area (Å²) in [6.07, 6.45) is -1.72. The standard InChI is InChI=1S/C32H33N5O8S2/c1-18(38)43-16-21-17-46-28-24(34-23(39)15-22-33-30(47-36-22)35-31(42)45-32(2,3)4)27(40)37(28)25(21)29(41)44-26(19-11-7-5-8-12-19)20-13-9-6-10-14-20/h5-14,24,26,28H,15-17H2,1-4H3,(H,34,39)(H,33,35,36,42)/t24-,28-/m1/s1. The van der Waals surface area contributed by atoms with Gasteiger partial charge in [-0.2, -0.15) is 4.37 Å². The Balaban J connectivity index is 1.29. The summed E-state index contributed by atoms with van der Waals surface area (Å²) in [6.45, 7) is 6.24. The number of benzene rings is 2. The third-order valence-corrected chi connectivity index (χ3v) is 8.84. The molecule has 0 aliphatic carbocycles. The molecule has 13 nitrogen and oxygen atoms in total. The number of β-lactam (4-membered cyclic amide) rings is 1. The van der Waals surface area contributed by atoms with Crippen molar-refractivity contribution in [1.82, 2.24) is 19.6 Å². The van der Waals surface area contributed by atoms with Crippen LogP contribution in [0, 0.1) is 0 Å². The molecule has 3 aromatic rings. The van der Waals surface area contributed by atoms with Crippen molar-refractivity contribution < 1.29 is 38.2 Å². The van der Waals surface area contributed by atoms with E-state index in [9.17, 15) is 24.0 Å². The van der Waals surface area contributed by atoms with Crippen molar-refractivity contribution >= 4 is 58.3 Å². The zero-order valence-corrected chi connectivity index (χ0v) is 27.7. The van der Waals surface area contributed by atoms with Gasteiger partial charge in [0.2, 0.25) is 11.0 Å². The molecule has 2 aliphatic heterocycles. The van der Waals surface area contributed by atoms with Crippen LogP contribution >= 0.6 is 23.3 Å². The normalized spacial score (nSPS) is 17.4. The van der Waals surface area contributed by atoms with Crippen LogP contribution in [0.1, 0.15) is 50.8 Å². The number of thioether (sulfide) groups is 1. The fraction of sp³-hybridized carbons (Fsp3) is 0.344. The Labute approximate surface area is 279 Å². The first-order valence-corrected chi connectivity index (χ1v) is 16.4. The summed E-state index contributed by atoms with van der Waals surface area (Å²) in [5, 5.41) is 4.75. The lowest BCUT2D eigenvalue weighted by molar-refractivity contribution is -0.155. The van der Waals surface area contributed by atoms with E-state index in [0.29, 0.717) is 5.57 Å². The topological polar surface area (TPSA) is 166 Å². The second-order valence-corrected chi connectivity index (χ2v) is 13.5. The summed E-state index contributed by atoms with van der Waals surface area (Å²) in [6, 6.07) is 17.5. The largest absolute Gasteiger partial charge is 0.461 e. The van der Waals surface area contributed by atoms with E-state index in [1.807, 2.05) is 60.7 Å². The Morgan fingerprint density at radius 2 is 1.66 bits per heavy atom. The Bertz CT molecular complexity index is 1650. The average molecular weight is 680 g/mol. The van der Waals surface area contributed by atoms with E-state index in [-0.39, 0.29) is 35.4 Å². The van der Waals surface area contributed by atoms with E-state index in [0.717, 1.165) is 22.7 Å². The first-order valence-electron chi connectivity index (χ1n) is 14.6. The Morgan fingerprint density at radius 3 is 2.26 bits per heavy atom. The van der Waals surface area contributed by atoms with Gasteiger partial charge in [-0.3, -0.25) is 24.6 Å². The van der Waals surface area contributed by atoms with Gasteiger partial charge in [0.15, 0.2) is 11.9 Å². The van der Waals surface area contributed by atoms with Crippen molar-refractivity contribution in [3.8, 4) is 0 Å². The number of anilines is 1. The minimum Gasteiger partial charge on any atom is -0.461 e. The number of hydrogen-bond donors (Lipinski definition) is 2. The second-order valence-electron chi connectivity index (χ2n) is 11.6. The third kappa shape index (κ3) is 8.34. The van der Waals surface area contributed by atoms with Gasteiger partial charge < -0.3 is 19.5 Å². The van der Waals surface area contributed by atoms with Crippen molar-refractivity contribution in [3.05, 3.63) is 88.9 Å². The molecular formula is C32H33N5O8S2. The van der Waals surface area contributed by atoms with Crippen LogP contribution in [0.3, 0.4) is 0 Å². The maximum Gasteiger partial charge on any atom is 0.414 e. The molecule has 3 amide bonds. The molecular weight excluding hydrogens is 647 g/mol. The number of esters is 2. The molecule has 1 fully saturated rings. The molecule has 15 heteroatoms. The Hall–Kier alpha value is -4.76. The van der Waals surface area contributed by atoms with Gasteiger partial charge >= 0.3 is 18.0 Å². The molecule has 1 aromatic heterocycles. The van der Waals surface area contributed by atoms with Crippen molar-refractivity contribution in [2.75, 3.05) is 17.7 Å². The van der Waals surface area contributed by atoms with E-state index in [2.05, 4.69) is 20.0 Å². The summed E-state index contributed by atoms with van der Waals surface area (Å²) in [5.41, 5.74) is 1.17. The highest BCUT2D eigenvalue weighted by Crippen LogP contribution is 2.41. The van der Waals surface area contributed by atoms with Gasteiger partial charge in [0.05, 0.1) is 6.42 Å². The molecule has 0 bridgehead atoms. The third-order valence-electron chi connectivity index (χ3n) is 6.83. The SMILES string of the molecule is CC(=O)OCC1=C(C(=O)OC(c2ccccc2)c2ccccc2)N2C(=O)[C@@H](NC(=O)Cc3nsc(NC(=O)OC(C)(C)C)n3)[C@H]2SC1. The molecule has 1 saturated heterocycles. The van der Waals surface area contributed by atoms with Gasteiger partial charge in [-0.05, 0) is 31.9 Å². The summed E-state index contributed by atoms with van der Waals surface area (Å²) < 4.78 is 20.6. The van der Waals surface area contributed by atoms with E-state index in [1.54, 1.807) is 20.8 Å². The quantitative estimate of drug-likeness (QED) is 0.181. The van der Waals surface area contributed by atoms with Crippen molar-refractivity contribution in [2.45, 2.75) is 57.2 Å². The van der Waals surface area contributed by atoms with Gasteiger partial charge in [0.1, 0.15) is 29.3 Å². The number of carbonyl (C=O) groups is 5. The lowest BCUT2D eigenvalue weighted by Gasteiger charge is -2.49. The molecule has 0 unspecified atom stereocenters. The highest BCUT2D eigenvalue weighted by Gasteiger charge is 2.54. The number of nitrogens with zero attached hydrogens (tertiary/aromatic N) is 3. The van der Waals surface area contributed by atoms with Gasteiger partial charge in [-0.15, -0.1) is 11.8 Å². The minimum absolute atomic E-state index is 0.0126. The van der Waals surface area contributed by atoms with Crippen LogP contribution < -0.4 is 10.6 Å². The predicted octanol–water partition coefficient (Wildman–Crippen LogP) is 3.98. The van der Waals surface area contributed by atoms with Gasteiger partial charge in [0.25, 0.3) is 5.91 Å². The van der Waals surface area contributed by atoms with Crippen molar-refractivity contribution in [3.63, 3.8) is 0 Å². The molecule has 5 rings (SSSR count). The lowest BCUT2D eigenvalue weighted by atomic mass is 10.0. The van der Waals surface area contributed by atoms with E-state index in [4.69, 9.17) is 14.2 Å². The molecule has 0 spiro atoms. The molecule has 47 heavy (non-hydrogen) atoms. The molecule has 2 N–H and O–H groups in total. The summed E-state index contributed by atoms with van der Waals surface area (Å²) >= 11 is 2.21. The smallest absolute Gasteiger partial charge is 0.414 e. The molecule has 246 valence electrons. The fourth-order valence-electron chi connectivity index (χ4n) is 4.85. The van der Waals surface area contributed by atoms with E-state index < -0.39 is 53.0 Å². The summed E-state index contributed by atoms with van der Waals surface area (Å²) in [4.78, 5) is 69.4. The highest BCUT2D eigenvalue weighted by molar-refractivity contribution is 8.00. The number of rotatable bonds is 10. The fourth-order valence-corrected chi connectivity index (χ4v) is 6.75. The number of amides is 3. The van der Waals surface area contributed by atoms with Crippen LogP contribution in [0.15, 0.2) is 71.9 Å². The number of ether oxygens (including phenoxy) is 3. The molecule has 0 saturated carbocycles. The lowest BCUT2D eigenvalue weighted by Crippen LogP contribution is -2.70. The van der Waals surface area contributed by atoms with Crippen LogP contribution in [0.5, 0.6) is 0 Å². The zero-order chi connectivity index (χ0) is 33.7. The van der Waals surface area contributed by atoms with Gasteiger partial charge in [-0.1, -0.05) is 60.7 Å². The van der Waals surface area contributed by atoms with E-state index in [1.165, 1.54) is 23.6 Å². The number of hydrogen-bond acceptors (Lipinski definition) is 12. The number of fused-ring (bicyclic) bond motifs is 1. The molecule has 2 aromatic carbocycles. The van der Waals surface area contributed by atoms with Crippen LogP contribution in [0.4, 0.5) is 9.93 Å². The maximum atomic E-state index is 13.9. The minimum atomic E-state index is -0.928. The van der Waals surface area contributed by atoms with Gasteiger partial charge in [0, 0.05) is 29.8 Å². The molecule has 0 radical (unpaired) electrons. The van der Waals surface area contributed by atoms with Crippen LogP contribution in [-0.2, 0) is 39.8 Å². The average Bonchev–Trinajstić information content (AvgIpc) is 3.46. The summed E-state index contributed by atoms with van der Waals surface area (Å²) in [7, 11) is 0. The monoisotopic (exact) mass is 679 g/mol.